The van der Waals surface area contributed by atoms with Crippen molar-refractivity contribution in [1.82, 2.24) is 10.1 Å². The van der Waals surface area contributed by atoms with Gasteiger partial charge in [0.25, 0.3) is 0 Å². The van der Waals surface area contributed by atoms with Crippen molar-refractivity contribution in [3.63, 3.8) is 0 Å². The van der Waals surface area contributed by atoms with Crippen LogP contribution in [0.25, 0.3) is 0 Å². The summed E-state index contributed by atoms with van der Waals surface area (Å²) in [5.41, 5.74) is 0.977. The molecule has 0 saturated heterocycles. The third-order valence-corrected chi connectivity index (χ3v) is 2.98. The summed E-state index contributed by atoms with van der Waals surface area (Å²) < 4.78 is 10.7. The van der Waals surface area contributed by atoms with E-state index in [4.69, 9.17) is 14.5 Å². The normalized spacial score (nSPS) is 14.1. The number of hydrogen-bond acceptors (Lipinski definition) is 5. The molecule has 2 aromatic rings. The monoisotopic (exact) mass is 255 g/mol. The molecule has 1 aromatic carbocycles. The molecule has 1 heterocycles. The molecule has 5 nitrogen and oxygen atoms in total. The molecule has 0 aliphatic heterocycles. The molecule has 0 spiro atoms. The number of nitriles is 1. The molecule has 5 heteroatoms. The van der Waals surface area contributed by atoms with E-state index >= 15 is 0 Å². The summed E-state index contributed by atoms with van der Waals surface area (Å²) in [5, 5.41) is 12.5. The van der Waals surface area contributed by atoms with Crippen LogP contribution in [-0.4, -0.2) is 10.1 Å². The van der Waals surface area contributed by atoms with Crippen molar-refractivity contribution in [1.29, 1.82) is 5.26 Å². The first-order valence-corrected chi connectivity index (χ1v) is 6.26. The molecule has 0 unspecified atom stereocenters. The van der Waals surface area contributed by atoms with E-state index in [2.05, 4.69) is 16.2 Å². The van der Waals surface area contributed by atoms with Crippen LogP contribution >= 0.6 is 0 Å². The summed E-state index contributed by atoms with van der Waals surface area (Å²) in [6, 6.07) is 9.55. The van der Waals surface area contributed by atoms with Gasteiger partial charge < -0.3 is 9.26 Å². The molecule has 0 amide bonds. The maximum absolute atomic E-state index is 8.59. The Morgan fingerprint density at radius 1 is 1.32 bits per heavy atom. The summed E-state index contributed by atoms with van der Waals surface area (Å²) in [6.07, 6.45) is 2.70. The number of rotatable bonds is 5. The number of aromatic nitrogens is 2. The molecular formula is C14H13N3O2. The molecule has 96 valence electrons. The molecule has 19 heavy (non-hydrogen) atoms. The Bertz CT molecular complexity index is 594. The molecule has 0 bridgehead atoms. The van der Waals surface area contributed by atoms with Gasteiger partial charge in [0, 0.05) is 5.92 Å². The van der Waals surface area contributed by atoms with Crippen molar-refractivity contribution in [2.75, 3.05) is 0 Å². The summed E-state index contributed by atoms with van der Waals surface area (Å²) in [5.74, 6) is 2.50. The quantitative estimate of drug-likeness (QED) is 0.821. The average Bonchev–Trinajstić information content (AvgIpc) is 3.18. The van der Waals surface area contributed by atoms with Gasteiger partial charge in [-0.25, -0.2) is 0 Å². The van der Waals surface area contributed by atoms with Crippen molar-refractivity contribution in [3.05, 3.63) is 41.5 Å². The molecule has 1 aliphatic carbocycles. The minimum absolute atomic E-state index is 0.299. The van der Waals surface area contributed by atoms with Crippen LogP contribution in [0.3, 0.4) is 0 Å². The second-order valence-electron chi connectivity index (χ2n) is 4.59. The van der Waals surface area contributed by atoms with Crippen LogP contribution in [0.4, 0.5) is 0 Å². The summed E-state index contributed by atoms with van der Waals surface area (Å²) in [4.78, 5) is 4.29. The molecule has 0 atom stereocenters. The minimum Gasteiger partial charge on any atom is -0.485 e. The maximum atomic E-state index is 8.59. The number of hydrogen-bond donors (Lipinski definition) is 0. The predicted octanol–water partition coefficient (Wildman–Crippen LogP) is 2.59. The van der Waals surface area contributed by atoms with E-state index in [1.54, 1.807) is 0 Å². The van der Waals surface area contributed by atoms with Gasteiger partial charge in [-0.15, -0.1) is 0 Å². The fraction of sp³-hybridized carbons (Fsp3) is 0.357. The van der Waals surface area contributed by atoms with Crippen LogP contribution in [0.2, 0.25) is 0 Å². The molecule has 1 saturated carbocycles. The predicted molar refractivity (Wildman–Crippen MR) is 66.4 cm³/mol. The Hall–Kier alpha value is -2.35. The van der Waals surface area contributed by atoms with Crippen molar-refractivity contribution in [2.45, 2.75) is 31.8 Å². The van der Waals surface area contributed by atoms with Gasteiger partial charge in [-0.05, 0) is 30.5 Å². The van der Waals surface area contributed by atoms with E-state index in [0.29, 0.717) is 24.8 Å². The number of nitrogens with zero attached hydrogens (tertiary/aromatic N) is 3. The second kappa shape index (κ2) is 5.11. The third kappa shape index (κ3) is 2.91. The highest BCUT2D eigenvalue weighted by Crippen LogP contribution is 2.38. The van der Waals surface area contributed by atoms with Crippen LogP contribution in [0.15, 0.2) is 28.8 Å². The molecule has 0 radical (unpaired) electrons. The number of ether oxygens (including phenoxy) is 1. The Labute approximate surface area is 110 Å². The topological polar surface area (TPSA) is 71.9 Å². The highest BCUT2D eigenvalue weighted by atomic mass is 16.5. The lowest BCUT2D eigenvalue weighted by atomic mass is 10.2. The lowest BCUT2D eigenvalue weighted by Gasteiger charge is -2.03. The largest absolute Gasteiger partial charge is 0.485 e. The Kier molecular flexibility index (Phi) is 3.15. The molecule has 1 aromatic heterocycles. The van der Waals surface area contributed by atoms with E-state index in [9.17, 15) is 0 Å². The van der Waals surface area contributed by atoms with Crippen LogP contribution in [0.5, 0.6) is 5.75 Å². The van der Waals surface area contributed by atoms with E-state index in [0.717, 1.165) is 30.0 Å². The molecule has 1 aliphatic rings. The van der Waals surface area contributed by atoms with Crippen molar-refractivity contribution < 1.29 is 9.26 Å². The summed E-state index contributed by atoms with van der Waals surface area (Å²) >= 11 is 0. The van der Waals surface area contributed by atoms with Gasteiger partial charge in [-0.1, -0.05) is 17.3 Å². The SMILES string of the molecule is N#CCc1ccc(OCc2noc(C3CC3)n2)cc1. The van der Waals surface area contributed by atoms with Crippen LogP contribution in [-0.2, 0) is 13.0 Å². The fourth-order valence-electron chi connectivity index (χ4n) is 1.76. The van der Waals surface area contributed by atoms with Crippen molar-refractivity contribution >= 4 is 0 Å². The fourth-order valence-corrected chi connectivity index (χ4v) is 1.76. The van der Waals surface area contributed by atoms with E-state index in [1.807, 2.05) is 24.3 Å². The average molecular weight is 255 g/mol. The first-order chi connectivity index (χ1) is 9.35. The highest BCUT2D eigenvalue weighted by Gasteiger charge is 2.29. The first kappa shape index (κ1) is 11.7. The van der Waals surface area contributed by atoms with Gasteiger partial charge >= 0.3 is 0 Å². The Morgan fingerprint density at radius 2 is 2.11 bits per heavy atom. The van der Waals surface area contributed by atoms with Crippen molar-refractivity contribution in [3.8, 4) is 11.8 Å². The first-order valence-electron chi connectivity index (χ1n) is 6.26. The van der Waals surface area contributed by atoms with Crippen molar-refractivity contribution in [2.24, 2.45) is 0 Å². The lowest BCUT2D eigenvalue weighted by Crippen LogP contribution is -1.97. The van der Waals surface area contributed by atoms with Crippen LogP contribution in [0, 0.1) is 11.3 Å². The van der Waals surface area contributed by atoms with Gasteiger partial charge in [0.1, 0.15) is 5.75 Å². The smallest absolute Gasteiger partial charge is 0.229 e. The van der Waals surface area contributed by atoms with E-state index in [1.165, 1.54) is 0 Å². The van der Waals surface area contributed by atoms with Gasteiger partial charge in [-0.3, -0.25) is 0 Å². The van der Waals surface area contributed by atoms with E-state index < -0.39 is 0 Å². The summed E-state index contributed by atoms with van der Waals surface area (Å²) in [6.45, 7) is 0.299. The van der Waals surface area contributed by atoms with Gasteiger partial charge in [0.05, 0.1) is 12.5 Å². The van der Waals surface area contributed by atoms with Crippen LogP contribution < -0.4 is 4.74 Å². The summed E-state index contributed by atoms with van der Waals surface area (Å²) in [7, 11) is 0. The van der Waals surface area contributed by atoms with Gasteiger partial charge in [-0.2, -0.15) is 10.2 Å². The Balaban J connectivity index is 1.57. The zero-order valence-corrected chi connectivity index (χ0v) is 10.4. The standard InChI is InChI=1S/C14H13N3O2/c15-8-7-10-1-5-12(6-2-10)18-9-13-16-14(19-17-13)11-3-4-11/h1-2,5-6,11H,3-4,7,9H2. The molecule has 3 rings (SSSR count). The maximum Gasteiger partial charge on any atom is 0.229 e. The van der Waals surface area contributed by atoms with Crippen LogP contribution in [0.1, 0.15) is 36.0 Å². The highest BCUT2D eigenvalue weighted by molar-refractivity contribution is 5.28. The second-order valence-corrected chi connectivity index (χ2v) is 4.59. The third-order valence-electron chi connectivity index (χ3n) is 2.98. The minimum atomic E-state index is 0.299. The Morgan fingerprint density at radius 3 is 2.79 bits per heavy atom. The van der Waals surface area contributed by atoms with Gasteiger partial charge in [0.2, 0.25) is 11.7 Å². The van der Waals surface area contributed by atoms with E-state index in [-0.39, 0.29) is 0 Å². The molecular weight excluding hydrogens is 242 g/mol. The molecule has 0 N–H and O–H groups in total. The van der Waals surface area contributed by atoms with Gasteiger partial charge in [0.15, 0.2) is 6.61 Å². The number of benzene rings is 1. The zero-order chi connectivity index (χ0) is 13.1. The zero-order valence-electron chi connectivity index (χ0n) is 10.4. The lowest BCUT2D eigenvalue weighted by molar-refractivity contribution is 0.285. The molecule has 1 fully saturated rings.